The maximum absolute atomic E-state index is 12.5. The average Bonchev–Trinajstić information content (AvgIpc) is 3.15. The lowest BCUT2D eigenvalue weighted by molar-refractivity contribution is 0.00403. The predicted octanol–water partition coefficient (Wildman–Crippen LogP) is 3.21. The van der Waals surface area contributed by atoms with Gasteiger partial charge in [0.2, 0.25) is 0 Å². The smallest absolute Gasteiger partial charge is 0.254 e. The summed E-state index contributed by atoms with van der Waals surface area (Å²) in [5.74, 6) is -0.444. The summed E-state index contributed by atoms with van der Waals surface area (Å²) in [5.41, 5.74) is 15.9. The van der Waals surface area contributed by atoms with Gasteiger partial charge in [0.25, 0.3) is 11.8 Å². The first-order valence-electron chi connectivity index (χ1n) is 11.1. The molecule has 2 unspecified atom stereocenters. The van der Waals surface area contributed by atoms with Crippen LogP contribution in [0.4, 0.5) is 5.82 Å². The van der Waals surface area contributed by atoms with Crippen molar-refractivity contribution in [3.63, 3.8) is 0 Å². The van der Waals surface area contributed by atoms with Gasteiger partial charge in [0, 0.05) is 24.3 Å². The van der Waals surface area contributed by atoms with Crippen LogP contribution >= 0.6 is 0 Å². The second-order valence-corrected chi connectivity index (χ2v) is 8.47. The van der Waals surface area contributed by atoms with Gasteiger partial charge in [-0.2, -0.15) is 5.10 Å². The van der Waals surface area contributed by atoms with Gasteiger partial charge < -0.3 is 21.5 Å². The van der Waals surface area contributed by atoms with Crippen LogP contribution in [0, 0.1) is 6.92 Å². The van der Waals surface area contributed by atoms with Crippen molar-refractivity contribution in [2.45, 2.75) is 45.4 Å². The molecule has 0 bridgehead atoms. The Bertz CT molecular complexity index is 1170. The highest BCUT2D eigenvalue weighted by Crippen LogP contribution is 2.33. The molecule has 1 aromatic heterocycles. The number of primary amides is 1. The number of nitrogens with zero attached hydrogens (tertiary/aromatic N) is 2. The van der Waals surface area contributed by atoms with Gasteiger partial charge >= 0.3 is 0 Å². The number of nitrogen functional groups attached to an aromatic ring is 1. The minimum atomic E-state index is -0.608. The summed E-state index contributed by atoms with van der Waals surface area (Å²) < 4.78 is 7.34. The number of amides is 2. The van der Waals surface area contributed by atoms with Crippen molar-refractivity contribution < 1.29 is 14.3 Å². The summed E-state index contributed by atoms with van der Waals surface area (Å²) in [6.07, 6.45) is 1.64. The molecule has 1 fully saturated rings. The Morgan fingerprint density at radius 2 is 1.91 bits per heavy atom. The molecule has 0 radical (unpaired) electrons. The second-order valence-electron chi connectivity index (χ2n) is 8.47. The van der Waals surface area contributed by atoms with Crippen LogP contribution in [0.15, 0.2) is 48.5 Å². The first kappa shape index (κ1) is 22.5. The Hall–Kier alpha value is -3.65. The summed E-state index contributed by atoms with van der Waals surface area (Å²) >= 11 is 0. The fraction of sp³-hybridized carbons (Fsp3) is 0.320. The van der Waals surface area contributed by atoms with E-state index < -0.39 is 5.91 Å². The molecule has 2 amide bonds. The van der Waals surface area contributed by atoms with Gasteiger partial charge in [0.15, 0.2) is 0 Å². The van der Waals surface area contributed by atoms with Gasteiger partial charge in [-0.25, -0.2) is 4.68 Å². The van der Waals surface area contributed by atoms with E-state index in [0.29, 0.717) is 24.4 Å². The fourth-order valence-corrected chi connectivity index (χ4v) is 4.25. The lowest BCUT2D eigenvalue weighted by Crippen LogP contribution is -2.27. The summed E-state index contributed by atoms with van der Waals surface area (Å²) in [6, 6.07) is 15.0. The van der Waals surface area contributed by atoms with Gasteiger partial charge in [-0.1, -0.05) is 42.5 Å². The molecule has 0 spiro atoms. The van der Waals surface area contributed by atoms with Crippen molar-refractivity contribution in [1.82, 2.24) is 15.1 Å². The molecule has 2 heterocycles. The number of anilines is 1. The number of benzene rings is 2. The molecule has 2 aromatic carbocycles. The highest BCUT2D eigenvalue weighted by molar-refractivity contribution is 6.03. The molecule has 172 valence electrons. The Kier molecular flexibility index (Phi) is 6.46. The van der Waals surface area contributed by atoms with Crippen molar-refractivity contribution in [3.05, 3.63) is 70.8 Å². The highest BCUT2D eigenvalue weighted by atomic mass is 16.5. The third-order valence-corrected chi connectivity index (χ3v) is 6.07. The second kappa shape index (κ2) is 9.46. The lowest BCUT2D eigenvalue weighted by Gasteiger charge is -2.28. The topological polar surface area (TPSA) is 125 Å². The molecule has 33 heavy (non-hydrogen) atoms. The number of ether oxygens (including phenoxy) is 1. The van der Waals surface area contributed by atoms with Crippen LogP contribution in [0.5, 0.6) is 0 Å². The van der Waals surface area contributed by atoms with Crippen molar-refractivity contribution in [3.8, 4) is 11.3 Å². The number of nitrogens with one attached hydrogen (secondary N) is 1. The molecule has 1 aliphatic heterocycles. The van der Waals surface area contributed by atoms with Crippen molar-refractivity contribution in [1.29, 1.82) is 0 Å². The zero-order valence-electron chi connectivity index (χ0n) is 18.9. The molecular weight excluding hydrogens is 418 g/mol. The minimum Gasteiger partial charge on any atom is -0.383 e. The Morgan fingerprint density at radius 3 is 2.58 bits per heavy atom. The van der Waals surface area contributed by atoms with Crippen molar-refractivity contribution in [2.75, 3.05) is 12.3 Å². The Labute approximate surface area is 192 Å². The zero-order valence-corrected chi connectivity index (χ0v) is 18.9. The number of carbonyl (C=O) groups excluding carboxylic acids is 2. The third kappa shape index (κ3) is 4.75. The summed E-state index contributed by atoms with van der Waals surface area (Å²) in [6.45, 7) is 4.92. The van der Waals surface area contributed by atoms with E-state index in [-0.39, 0.29) is 29.4 Å². The first-order chi connectivity index (χ1) is 15.8. The predicted molar refractivity (Wildman–Crippen MR) is 127 cm³/mol. The van der Waals surface area contributed by atoms with Crippen LogP contribution in [0.3, 0.4) is 0 Å². The van der Waals surface area contributed by atoms with E-state index in [0.717, 1.165) is 29.5 Å². The molecule has 2 atom stereocenters. The van der Waals surface area contributed by atoms with Crippen molar-refractivity contribution in [2.24, 2.45) is 5.73 Å². The van der Waals surface area contributed by atoms with Gasteiger partial charge in [-0.05, 0) is 43.9 Å². The van der Waals surface area contributed by atoms with Gasteiger partial charge in [0.1, 0.15) is 17.1 Å². The van der Waals surface area contributed by atoms with Gasteiger partial charge in [-0.3, -0.25) is 9.59 Å². The van der Waals surface area contributed by atoms with Crippen LogP contribution in [0.25, 0.3) is 11.3 Å². The molecule has 0 saturated carbocycles. The lowest BCUT2D eigenvalue weighted by atomic mass is 10.0. The van der Waals surface area contributed by atoms with Gasteiger partial charge in [0.05, 0.1) is 12.1 Å². The first-order valence-corrected chi connectivity index (χ1v) is 11.1. The fourth-order valence-electron chi connectivity index (χ4n) is 4.25. The maximum atomic E-state index is 12.5. The molecular formula is C25H29N5O3. The van der Waals surface area contributed by atoms with E-state index in [2.05, 4.69) is 10.4 Å². The Balaban J connectivity index is 1.53. The van der Waals surface area contributed by atoms with E-state index >= 15 is 0 Å². The standard InChI is InChI=1S/C25H29N5O3/c1-15-5-3-4-6-20(15)25(32)28-14-17-7-9-18(10-8-17)22-21(24(27)31)23(26)30(29-22)19-11-12-33-16(2)13-19/h3-10,16,19H,11-14,26H2,1-2H3,(H2,27,31)(H,28,32). The van der Waals surface area contributed by atoms with Crippen LogP contribution in [0.2, 0.25) is 0 Å². The number of carbonyl (C=O) groups is 2. The number of nitrogens with two attached hydrogens (primary N) is 2. The molecule has 1 aliphatic rings. The van der Waals surface area contributed by atoms with Crippen LogP contribution in [-0.4, -0.2) is 34.3 Å². The third-order valence-electron chi connectivity index (χ3n) is 6.07. The normalized spacial score (nSPS) is 18.1. The van der Waals surface area contributed by atoms with E-state index in [4.69, 9.17) is 16.2 Å². The average molecular weight is 448 g/mol. The number of aryl methyl sites for hydroxylation is 1. The number of hydrogen-bond donors (Lipinski definition) is 3. The van der Waals surface area contributed by atoms with E-state index in [1.807, 2.05) is 56.3 Å². The largest absolute Gasteiger partial charge is 0.383 e. The molecule has 1 saturated heterocycles. The summed E-state index contributed by atoms with van der Waals surface area (Å²) in [4.78, 5) is 24.7. The SMILES string of the molecule is Cc1ccccc1C(=O)NCc1ccc(-c2nn(C3CCOC(C)C3)c(N)c2C(N)=O)cc1. The van der Waals surface area contributed by atoms with E-state index in [9.17, 15) is 9.59 Å². The van der Waals surface area contributed by atoms with Gasteiger partial charge in [-0.15, -0.1) is 0 Å². The molecule has 3 aromatic rings. The Morgan fingerprint density at radius 1 is 1.18 bits per heavy atom. The molecule has 0 aliphatic carbocycles. The van der Waals surface area contributed by atoms with Crippen molar-refractivity contribution >= 4 is 17.6 Å². The number of aromatic nitrogens is 2. The maximum Gasteiger partial charge on any atom is 0.254 e. The highest BCUT2D eigenvalue weighted by Gasteiger charge is 2.28. The van der Waals surface area contributed by atoms with E-state index in [1.165, 1.54) is 0 Å². The monoisotopic (exact) mass is 447 g/mol. The quantitative estimate of drug-likeness (QED) is 0.535. The number of rotatable bonds is 6. The molecule has 5 N–H and O–H groups in total. The van der Waals surface area contributed by atoms with E-state index in [1.54, 1.807) is 10.7 Å². The molecule has 4 rings (SSSR count). The van der Waals surface area contributed by atoms with Crippen LogP contribution < -0.4 is 16.8 Å². The zero-order chi connectivity index (χ0) is 23.5. The number of hydrogen-bond acceptors (Lipinski definition) is 5. The molecule has 8 nitrogen and oxygen atoms in total. The summed E-state index contributed by atoms with van der Waals surface area (Å²) in [5, 5.41) is 7.62. The molecule has 8 heteroatoms. The summed E-state index contributed by atoms with van der Waals surface area (Å²) in [7, 11) is 0. The minimum absolute atomic E-state index is 0.0523. The van der Waals surface area contributed by atoms with Crippen LogP contribution in [0.1, 0.15) is 57.7 Å². The van der Waals surface area contributed by atoms with Crippen LogP contribution in [-0.2, 0) is 11.3 Å².